The van der Waals surface area contributed by atoms with E-state index in [1.165, 1.54) is 0 Å². The first-order chi connectivity index (χ1) is 8.70. The zero-order valence-electron chi connectivity index (χ0n) is 10.8. The number of benzene rings is 1. The maximum atomic E-state index is 12.3. The molecule has 1 amide bonds. The van der Waals surface area contributed by atoms with Crippen molar-refractivity contribution < 1.29 is 9.53 Å². The van der Waals surface area contributed by atoms with Gasteiger partial charge in [-0.05, 0) is 38.0 Å². The Balaban J connectivity index is 2.10. The van der Waals surface area contributed by atoms with Gasteiger partial charge in [-0.1, -0.05) is 6.07 Å². The van der Waals surface area contributed by atoms with E-state index in [9.17, 15) is 4.79 Å². The lowest BCUT2D eigenvalue weighted by Crippen LogP contribution is -2.45. The molecule has 4 nitrogen and oxygen atoms in total. The largest absolute Gasteiger partial charge is 0.494 e. The molecule has 0 bridgehead atoms. The van der Waals surface area contributed by atoms with Crippen molar-refractivity contribution in [2.24, 2.45) is 5.73 Å². The van der Waals surface area contributed by atoms with E-state index in [2.05, 4.69) is 0 Å². The van der Waals surface area contributed by atoms with E-state index in [-0.39, 0.29) is 11.9 Å². The molecular formula is C14H20N2O2. The molecule has 98 valence electrons. The number of amides is 1. The highest BCUT2D eigenvalue weighted by molar-refractivity contribution is 5.94. The Kier molecular flexibility index (Phi) is 4.20. The van der Waals surface area contributed by atoms with Crippen molar-refractivity contribution in [2.75, 3.05) is 19.7 Å². The molecule has 0 spiro atoms. The maximum absolute atomic E-state index is 12.3. The highest BCUT2D eigenvalue weighted by Gasteiger charge is 2.22. The van der Waals surface area contributed by atoms with Crippen molar-refractivity contribution >= 4 is 5.91 Å². The molecule has 2 rings (SSSR count). The molecule has 2 N–H and O–H groups in total. The van der Waals surface area contributed by atoms with E-state index < -0.39 is 0 Å². The fourth-order valence-electron chi connectivity index (χ4n) is 2.26. The van der Waals surface area contributed by atoms with Gasteiger partial charge in [0.15, 0.2) is 0 Å². The van der Waals surface area contributed by atoms with Crippen LogP contribution in [0.5, 0.6) is 5.75 Å². The van der Waals surface area contributed by atoms with Crippen LogP contribution < -0.4 is 10.5 Å². The summed E-state index contributed by atoms with van der Waals surface area (Å²) in [6, 6.07) is 7.44. The number of rotatable bonds is 3. The summed E-state index contributed by atoms with van der Waals surface area (Å²) in [4.78, 5) is 14.1. The Morgan fingerprint density at radius 1 is 1.56 bits per heavy atom. The van der Waals surface area contributed by atoms with Crippen molar-refractivity contribution in [2.45, 2.75) is 25.8 Å². The molecule has 0 saturated carbocycles. The van der Waals surface area contributed by atoms with Crippen LogP contribution in [0.1, 0.15) is 30.1 Å². The molecule has 0 radical (unpaired) electrons. The van der Waals surface area contributed by atoms with Crippen LogP contribution in [-0.2, 0) is 0 Å². The maximum Gasteiger partial charge on any atom is 0.254 e. The van der Waals surface area contributed by atoms with Gasteiger partial charge in [0.1, 0.15) is 5.75 Å². The summed E-state index contributed by atoms with van der Waals surface area (Å²) in [6.07, 6.45) is 1.99. The molecule has 1 aliphatic heterocycles. The Labute approximate surface area is 108 Å². The van der Waals surface area contributed by atoms with Crippen LogP contribution in [0, 0.1) is 0 Å². The molecule has 0 aromatic heterocycles. The van der Waals surface area contributed by atoms with Gasteiger partial charge in [0.25, 0.3) is 5.91 Å². The zero-order valence-corrected chi connectivity index (χ0v) is 10.8. The first kappa shape index (κ1) is 12.9. The monoisotopic (exact) mass is 248 g/mol. The van der Waals surface area contributed by atoms with Crippen molar-refractivity contribution in [3.05, 3.63) is 29.8 Å². The molecule has 1 fully saturated rings. The van der Waals surface area contributed by atoms with Crippen LogP contribution in [0.2, 0.25) is 0 Å². The van der Waals surface area contributed by atoms with Gasteiger partial charge in [0, 0.05) is 24.7 Å². The van der Waals surface area contributed by atoms with Crippen molar-refractivity contribution in [1.82, 2.24) is 4.90 Å². The topological polar surface area (TPSA) is 55.6 Å². The lowest BCUT2D eigenvalue weighted by Gasteiger charge is -2.30. The van der Waals surface area contributed by atoms with Crippen molar-refractivity contribution in [3.63, 3.8) is 0 Å². The molecule has 4 heteroatoms. The van der Waals surface area contributed by atoms with Crippen molar-refractivity contribution in [3.8, 4) is 5.75 Å². The van der Waals surface area contributed by atoms with E-state index in [0.717, 1.165) is 25.1 Å². The average Bonchev–Trinajstić information content (AvgIpc) is 2.39. The van der Waals surface area contributed by atoms with Gasteiger partial charge in [0.2, 0.25) is 0 Å². The van der Waals surface area contributed by atoms with Crippen molar-refractivity contribution in [1.29, 1.82) is 0 Å². The highest BCUT2D eigenvalue weighted by atomic mass is 16.5. The molecule has 1 saturated heterocycles. The summed E-state index contributed by atoms with van der Waals surface area (Å²) in [7, 11) is 0. The fraction of sp³-hybridized carbons (Fsp3) is 0.500. The predicted molar refractivity (Wildman–Crippen MR) is 70.7 cm³/mol. The van der Waals surface area contributed by atoms with Gasteiger partial charge in [0.05, 0.1) is 6.61 Å². The second-order valence-electron chi connectivity index (χ2n) is 4.61. The number of nitrogens with zero attached hydrogens (tertiary/aromatic N) is 1. The molecule has 1 aromatic rings. The Hall–Kier alpha value is -1.55. The average molecular weight is 248 g/mol. The SMILES string of the molecule is CCOc1cccc(C(=O)N2CCCC(N)C2)c1. The molecule has 1 atom stereocenters. The molecule has 1 heterocycles. The van der Waals surface area contributed by atoms with E-state index in [1.54, 1.807) is 6.07 Å². The second kappa shape index (κ2) is 5.87. The summed E-state index contributed by atoms with van der Waals surface area (Å²) >= 11 is 0. The minimum absolute atomic E-state index is 0.0479. The van der Waals surface area contributed by atoms with Gasteiger partial charge in [-0.3, -0.25) is 4.79 Å². The molecule has 18 heavy (non-hydrogen) atoms. The minimum atomic E-state index is 0.0479. The normalized spacial score (nSPS) is 19.7. The molecule has 0 aliphatic carbocycles. The summed E-state index contributed by atoms with van der Waals surface area (Å²) in [5, 5.41) is 0. The highest BCUT2D eigenvalue weighted by Crippen LogP contribution is 2.17. The van der Waals surface area contributed by atoms with Crippen LogP contribution in [0.15, 0.2) is 24.3 Å². The number of likely N-dealkylation sites (tertiary alicyclic amines) is 1. The number of nitrogens with two attached hydrogens (primary N) is 1. The van der Waals surface area contributed by atoms with Gasteiger partial charge in [-0.25, -0.2) is 0 Å². The van der Waals surface area contributed by atoms with Gasteiger partial charge in [-0.15, -0.1) is 0 Å². The number of hydrogen-bond donors (Lipinski definition) is 1. The van der Waals surface area contributed by atoms with E-state index in [1.807, 2.05) is 30.0 Å². The quantitative estimate of drug-likeness (QED) is 0.885. The van der Waals surface area contributed by atoms with Crippen LogP contribution in [-0.4, -0.2) is 36.5 Å². The van der Waals surface area contributed by atoms with Gasteiger partial charge < -0.3 is 15.4 Å². The number of ether oxygens (including phenoxy) is 1. The summed E-state index contributed by atoms with van der Waals surface area (Å²) in [6.45, 7) is 3.98. The van der Waals surface area contributed by atoms with E-state index in [4.69, 9.17) is 10.5 Å². The molecule has 1 unspecified atom stereocenters. The lowest BCUT2D eigenvalue weighted by molar-refractivity contribution is 0.0708. The first-order valence-electron chi connectivity index (χ1n) is 6.48. The van der Waals surface area contributed by atoms with Crippen LogP contribution in [0.4, 0.5) is 0 Å². The first-order valence-corrected chi connectivity index (χ1v) is 6.48. The van der Waals surface area contributed by atoms with Crippen LogP contribution in [0.25, 0.3) is 0 Å². The standard InChI is InChI=1S/C14H20N2O2/c1-2-18-13-7-3-5-11(9-13)14(17)16-8-4-6-12(15)10-16/h3,5,7,9,12H,2,4,6,8,10,15H2,1H3. The molecule has 1 aliphatic rings. The molecular weight excluding hydrogens is 228 g/mol. The fourth-order valence-corrected chi connectivity index (χ4v) is 2.26. The third kappa shape index (κ3) is 3.01. The van der Waals surface area contributed by atoms with Gasteiger partial charge >= 0.3 is 0 Å². The third-order valence-corrected chi connectivity index (χ3v) is 3.14. The van der Waals surface area contributed by atoms with E-state index in [0.29, 0.717) is 18.7 Å². The van der Waals surface area contributed by atoms with Crippen LogP contribution >= 0.6 is 0 Å². The summed E-state index contributed by atoms with van der Waals surface area (Å²) in [5.41, 5.74) is 6.58. The number of carbonyl (C=O) groups excluding carboxylic acids is 1. The predicted octanol–water partition coefficient (Wildman–Crippen LogP) is 1.65. The lowest BCUT2D eigenvalue weighted by atomic mass is 10.1. The Bertz CT molecular complexity index is 420. The molecule has 1 aromatic carbocycles. The van der Waals surface area contributed by atoms with E-state index >= 15 is 0 Å². The Morgan fingerprint density at radius 2 is 2.39 bits per heavy atom. The smallest absolute Gasteiger partial charge is 0.254 e. The third-order valence-electron chi connectivity index (χ3n) is 3.14. The number of carbonyl (C=O) groups is 1. The second-order valence-corrected chi connectivity index (χ2v) is 4.61. The summed E-state index contributed by atoms with van der Waals surface area (Å²) < 4.78 is 5.41. The van der Waals surface area contributed by atoms with Crippen LogP contribution in [0.3, 0.4) is 0 Å². The number of piperidine rings is 1. The zero-order chi connectivity index (χ0) is 13.0. The van der Waals surface area contributed by atoms with Gasteiger partial charge in [-0.2, -0.15) is 0 Å². The Morgan fingerprint density at radius 3 is 3.11 bits per heavy atom. The minimum Gasteiger partial charge on any atom is -0.494 e. The summed E-state index contributed by atoms with van der Waals surface area (Å²) in [5.74, 6) is 0.788. The number of hydrogen-bond acceptors (Lipinski definition) is 3.